The van der Waals surface area contributed by atoms with E-state index in [1.807, 2.05) is 6.92 Å². The highest BCUT2D eigenvalue weighted by atomic mass is 35.5. The quantitative estimate of drug-likeness (QED) is 0.811. The van der Waals surface area contributed by atoms with E-state index in [1.165, 1.54) is 0 Å². The summed E-state index contributed by atoms with van der Waals surface area (Å²) in [7, 11) is -3.46. The Balaban J connectivity index is 2.30. The van der Waals surface area contributed by atoms with Crippen LogP contribution in [0.3, 0.4) is 0 Å². The maximum Gasteiger partial charge on any atom is 0.264 e. The van der Waals surface area contributed by atoms with Gasteiger partial charge in [0.05, 0.1) is 17.9 Å². The van der Waals surface area contributed by atoms with E-state index in [2.05, 4.69) is 6.07 Å². The second-order valence-electron chi connectivity index (χ2n) is 4.54. The third kappa shape index (κ3) is 3.64. The molecule has 1 aromatic heterocycles. The van der Waals surface area contributed by atoms with Gasteiger partial charge in [-0.3, -0.25) is 4.18 Å². The highest BCUT2D eigenvalue weighted by Gasteiger charge is 2.11. The molecule has 0 bridgehead atoms. The van der Waals surface area contributed by atoms with Crippen LogP contribution in [0.4, 0.5) is 0 Å². The molecule has 0 unspecified atom stereocenters. The summed E-state index contributed by atoms with van der Waals surface area (Å²) in [6, 6.07) is 10.8. The Kier molecular flexibility index (Phi) is 4.37. The van der Waals surface area contributed by atoms with E-state index < -0.39 is 10.1 Å². The molecule has 21 heavy (non-hydrogen) atoms. The molecule has 2 rings (SSSR count). The van der Waals surface area contributed by atoms with E-state index in [0.29, 0.717) is 10.7 Å². The number of halogens is 1. The van der Waals surface area contributed by atoms with Crippen LogP contribution in [-0.2, 0) is 20.9 Å². The monoisotopic (exact) mass is 324 g/mol. The fourth-order valence-electron chi connectivity index (χ4n) is 1.91. The molecule has 0 amide bonds. The average molecular weight is 325 g/mol. The maximum absolute atomic E-state index is 10.9. The number of benzene rings is 1. The Morgan fingerprint density at radius 1 is 1.33 bits per heavy atom. The summed E-state index contributed by atoms with van der Waals surface area (Å²) < 4.78 is 28.4. The van der Waals surface area contributed by atoms with Gasteiger partial charge < -0.3 is 4.57 Å². The van der Waals surface area contributed by atoms with Crippen molar-refractivity contribution in [1.82, 2.24) is 4.57 Å². The molecule has 0 spiro atoms. The first-order valence-corrected chi connectivity index (χ1v) is 8.23. The van der Waals surface area contributed by atoms with Gasteiger partial charge in [-0.15, -0.1) is 0 Å². The van der Waals surface area contributed by atoms with Crippen LogP contribution >= 0.6 is 11.6 Å². The van der Waals surface area contributed by atoms with Crippen molar-refractivity contribution in [2.75, 3.05) is 6.26 Å². The molecule has 0 atom stereocenters. The van der Waals surface area contributed by atoms with E-state index in [1.54, 1.807) is 34.9 Å². The van der Waals surface area contributed by atoms with Crippen LogP contribution in [0.2, 0.25) is 5.02 Å². The third-order valence-corrected chi connectivity index (χ3v) is 3.86. The fraction of sp³-hybridized carbons (Fsp3) is 0.214. The van der Waals surface area contributed by atoms with Gasteiger partial charge in [-0.05, 0) is 30.7 Å². The molecule has 2 aromatic rings. The lowest BCUT2D eigenvalue weighted by atomic mass is 10.2. The van der Waals surface area contributed by atoms with Crippen molar-refractivity contribution in [3.63, 3.8) is 0 Å². The largest absolute Gasteiger partial charge is 0.304 e. The average Bonchev–Trinajstić information content (AvgIpc) is 2.72. The van der Waals surface area contributed by atoms with Crippen molar-refractivity contribution in [3.8, 4) is 11.8 Å². The van der Waals surface area contributed by atoms with Crippen LogP contribution in [-0.4, -0.2) is 19.2 Å². The second kappa shape index (κ2) is 5.90. The number of hydrogen-bond acceptors (Lipinski definition) is 4. The maximum atomic E-state index is 10.9. The molecule has 110 valence electrons. The number of aromatic nitrogens is 1. The van der Waals surface area contributed by atoms with Gasteiger partial charge in [0.25, 0.3) is 10.1 Å². The van der Waals surface area contributed by atoms with Gasteiger partial charge in [-0.25, -0.2) is 0 Å². The van der Waals surface area contributed by atoms with Crippen LogP contribution in [0, 0.1) is 18.3 Å². The van der Waals surface area contributed by atoms with Gasteiger partial charge in [-0.2, -0.15) is 13.7 Å². The number of nitrogens with zero attached hydrogens (tertiary/aromatic N) is 2. The Bertz CT molecular complexity index is 802. The predicted molar refractivity (Wildman–Crippen MR) is 79.9 cm³/mol. The van der Waals surface area contributed by atoms with Crippen molar-refractivity contribution in [1.29, 1.82) is 5.26 Å². The Morgan fingerprint density at radius 3 is 2.48 bits per heavy atom. The minimum Gasteiger partial charge on any atom is -0.304 e. The molecule has 0 N–H and O–H groups in total. The molecule has 0 aliphatic carbocycles. The molecular weight excluding hydrogens is 312 g/mol. The fourth-order valence-corrected chi connectivity index (χ4v) is 2.45. The van der Waals surface area contributed by atoms with Gasteiger partial charge >= 0.3 is 0 Å². The normalized spacial score (nSPS) is 11.3. The zero-order valence-corrected chi connectivity index (χ0v) is 13.1. The topological polar surface area (TPSA) is 72.1 Å². The first kappa shape index (κ1) is 15.6. The second-order valence-corrected chi connectivity index (χ2v) is 6.59. The van der Waals surface area contributed by atoms with E-state index >= 15 is 0 Å². The molecule has 1 aromatic carbocycles. The first-order valence-electron chi connectivity index (χ1n) is 6.03. The van der Waals surface area contributed by atoms with Gasteiger partial charge in [0.2, 0.25) is 0 Å². The van der Waals surface area contributed by atoms with Crippen molar-refractivity contribution in [2.45, 2.75) is 13.5 Å². The summed E-state index contributed by atoms with van der Waals surface area (Å²) in [5, 5.41) is 9.65. The molecule has 5 nitrogen and oxygen atoms in total. The van der Waals surface area contributed by atoms with Crippen LogP contribution in [0.15, 0.2) is 30.3 Å². The predicted octanol–water partition coefficient (Wildman–Crippen LogP) is 2.79. The minimum absolute atomic E-state index is 0.0182. The van der Waals surface area contributed by atoms with Gasteiger partial charge in [0.1, 0.15) is 11.8 Å². The van der Waals surface area contributed by atoms with Crippen molar-refractivity contribution < 1.29 is 12.6 Å². The number of rotatable bonds is 4. The van der Waals surface area contributed by atoms with Crippen molar-refractivity contribution in [2.24, 2.45) is 0 Å². The van der Waals surface area contributed by atoms with E-state index in [-0.39, 0.29) is 6.61 Å². The third-order valence-electron chi connectivity index (χ3n) is 2.93. The Morgan fingerprint density at radius 2 is 1.95 bits per heavy atom. The highest BCUT2D eigenvalue weighted by molar-refractivity contribution is 7.85. The summed E-state index contributed by atoms with van der Waals surface area (Å²) >= 11 is 6.04. The molecule has 0 aliphatic rings. The molecule has 0 fully saturated rings. The van der Waals surface area contributed by atoms with Crippen LogP contribution in [0.1, 0.15) is 17.0 Å². The molecule has 0 saturated carbocycles. The van der Waals surface area contributed by atoms with Gasteiger partial charge in [0, 0.05) is 11.4 Å². The standard InChI is InChI=1S/C14H13ClN2O3S/c1-10-14(15)7-13(8-16)17(10)12-5-3-11(4-6-12)9-20-21(2,18)19/h3-7H,9H2,1-2H3. The number of nitriles is 1. The summed E-state index contributed by atoms with van der Waals surface area (Å²) in [6.45, 7) is 1.81. The first-order chi connectivity index (χ1) is 9.81. The van der Waals surface area contributed by atoms with Crippen LogP contribution in [0.25, 0.3) is 5.69 Å². The molecule has 7 heteroatoms. The molecule has 0 aliphatic heterocycles. The van der Waals surface area contributed by atoms with Crippen LogP contribution < -0.4 is 0 Å². The Hall–Kier alpha value is -1.81. The summed E-state index contributed by atoms with van der Waals surface area (Å²) in [4.78, 5) is 0. The lowest BCUT2D eigenvalue weighted by molar-refractivity contribution is 0.311. The summed E-state index contributed by atoms with van der Waals surface area (Å²) in [5.41, 5.74) is 2.71. The lowest BCUT2D eigenvalue weighted by Crippen LogP contribution is -2.03. The zero-order valence-electron chi connectivity index (χ0n) is 11.5. The SMILES string of the molecule is Cc1c(Cl)cc(C#N)n1-c1ccc(COS(C)(=O)=O)cc1. The Labute approximate surface area is 128 Å². The highest BCUT2D eigenvalue weighted by Crippen LogP contribution is 2.24. The van der Waals surface area contributed by atoms with Crippen LogP contribution in [0.5, 0.6) is 0 Å². The number of hydrogen-bond donors (Lipinski definition) is 0. The minimum atomic E-state index is -3.46. The molecular formula is C14H13ClN2O3S. The van der Waals surface area contributed by atoms with Crippen molar-refractivity contribution in [3.05, 3.63) is 52.3 Å². The zero-order chi connectivity index (χ0) is 15.6. The smallest absolute Gasteiger partial charge is 0.264 e. The molecule has 1 heterocycles. The van der Waals surface area contributed by atoms with E-state index in [0.717, 1.165) is 23.2 Å². The van der Waals surface area contributed by atoms with E-state index in [9.17, 15) is 8.42 Å². The summed E-state index contributed by atoms with van der Waals surface area (Å²) in [6.07, 6.45) is 1.01. The molecule has 0 saturated heterocycles. The molecule has 0 radical (unpaired) electrons. The summed E-state index contributed by atoms with van der Waals surface area (Å²) in [5.74, 6) is 0. The lowest BCUT2D eigenvalue weighted by Gasteiger charge is -2.09. The van der Waals surface area contributed by atoms with Crippen molar-refractivity contribution >= 4 is 21.7 Å². The van der Waals surface area contributed by atoms with Gasteiger partial charge in [0.15, 0.2) is 0 Å². The van der Waals surface area contributed by atoms with Gasteiger partial charge in [-0.1, -0.05) is 23.7 Å². The van der Waals surface area contributed by atoms with E-state index in [4.69, 9.17) is 21.0 Å².